The third kappa shape index (κ3) is 5.60. The first-order valence-corrected chi connectivity index (χ1v) is 9.09. The first-order valence-electron chi connectivity index (χ1n) is 7.02. The molecule has 0 bridgehead atoms. The summed E-state index contributed by atoms with van der Waals surface area (Å²) in [6.45, 7) is -4.86. The van der Waals surface area contributed by atoms with Crippen LogP contribution in [0.25, 0.3) is 0 Å². The van der Waals surface area contributed by atoms with Gasteiger partial charge in [-0.15, -0.1) is 0 Å². The van der Waals surface area contributed by atoms with Crippen LogP contribution in [0.3, 0.4) is 0 Å². The molecule has 0 aliphatic heterocycles. The molecule has 0 saturated heterocycles. The van der Waals surface area contributed by atoms with Crippen molar-refractivity contribution in [3.8, 4) is 0 Å². The number of aryl methyl sites for hydroxylation is 1. The zero-order chi connectivity index (χ0) is 15.1. The zero-order valence-corrected chi connectivity index (χ0v) is 13.4. The van der Waals surface area contributed by atoms with Gasteiger partial charge in [-0.3, -0.25) is 0 Å². The summed E-state index contributed by atoms with van der Waals surface area (Å²) >= 11 is 0.272. The quantitative estimate of drug-likeness (QED) is 0.526. The topological polar surface area (TPSA) is 0 Å². The van der Waals surface area contributed by atoms with Crippen LogP contribution in [0, 0.1) is 0 Å². The standard InChI is InChI=1S/C16H17BF3Se/c18-17(19,20)15-9-11-16(12-10-15)21-13-5-4-8-14-6-2-1-3-7-14/h1-3,6-7,9-12H,4-5,8,13H2/q-1. The van der Waals surface area contributed by atoms with E-state index in [-0.39, 0.29) is 15.0 Å². The molecule has 112 valence electrons. The molecule has 0 unspecified atom stereocenters. The summed E-state index contributed by atoms with van der Waals surface area (Å²) in [4.78, 5) is 0. The number of rotatable bonds is 7. The third-order valence-corrected chi connectivity index (χ3v) is 5.53. The molecule has 0 aliphatic rings. The van der Waals surface area contributed by atoms with Crippen LogP contribution < -0.4 is 9.92 Å². The van der Waals surface area contributed by atoms with Gasteiger partial charge in [-0.25, -0.2) is 0 Å². The van der Waals surface area contributed by atoms with Gasteiger partial charge in [0.25, 0.3) is 0 Å². The molecule has 0 N–H and O–H groups in total. The van der Waals surface area contributed by atoms with E-state index in [0.717, 1.165) is 29.0 Å². The van der Waals surface area contributed by atoms with E-state index in [2.05, 4.69) is 12.1 Å². The number of unbranched alkanes of at least 4 members (excludes halogenated alkanes) is 1. The van der Waals surface area contributed by atoms with Gasteiger partial charge in [0, 0.05) is 0 Å². The molecule has 0 heterocycles. The maximum absolute atomic E-state index is 12.5. The van der Waals surface area contributed by atoms with Crippen LogP contribution in [0.15, 0.2) is 54.6 Å². The van der Waals surface area contributed by atoms with Gasteiger partial charge in [-0.2, -0.15) is 0 Å². The van der Waals surface area contributed by atoms with E-state index in [0.29, 0.717) is 0 Å². The first-order chi connectivity index (χ1) is 10.1. The van der Waals surface area contributed by atoms with Crippen LogP contribution in [0.5, 0.6) is 0 Å². The number of benzene rings is 2. The molecule has 5 heteroatoms. The SMILES string of the molecule is F[B-](F)(F)c1ccc([Se]CCCCc2ccccc2)cc1. The molecule has 0 aliphatic carbocycles. The molecular weight excluding hydrogens is 339 g/mol. The van der Waals surface area contributed by atoms with Crippen LogP contribution in [0.4, 0.5) is 12.9 Å². The summed E-state index contributed by atoms with van der Waals surface area (Å²) in [5.41, 5.74) is 0.848. The molecule has 0 spiro atoms. The Morgan fingerprint density at radius 2 is 1.48 bits per heavy atom. The van der Waals surface area contributed by atoms with Gasteiger partial charge in [-0.05, 0) is 0 Å². The van der Waals surface area contributed by atoms with Crippen molar-refractivity contribution in [2.75, 3.05) is 0 Å². The molecule has 0 amide bonds. The Morgan fingerprint density at radius 1 is 0.810 bits per heavy atom. The van der Waals surface area contributed by atoms with E-state index in [9.17, 15) is 12.9 Å². The average molecular weight is 356 g/mol. The van der Waals surface area contributed by atoms with Crippen molar-refractivity contribution in [1.82, 2.24) is 0 Å². The van der Waals surface area contributed by atoms with Crippen molar-refractivity contribution in [3.05, 3.63) is 60.2 Å². The maximum atomic E-state index is 12.5. The van der Waals surface area contributed by atoms with Gasteiger partial charge in [-0.1, -0.05) is 0 Å². The molecule has 2 aromatic carbocycles. The van der Waals surface area contributed by atoms with E-state index in [4.69, 9.17) is 0 Å². The fraction of sp³-hybridized carbons (Fsp3) is 0.250. The minimum atomic E-state index is -4.86. The van der Waals surface area contributed by atoms with Gasteiger partial charge in [0.2, 0.25) is 0 Å². The Balaban J connectivity index is 1.69. The Labute approximate surface area is 130 Å². The molecule has 0 fully saturated rings. The predicted molar refractivity (Wildman–Crippen MR) is 84.7 cm³/mol. The summed E-state index contributed by atoms with van der Waals surface area (Å²) in [5.74, 6) is 0. The molecule has 2 rings (SSSR count). The number of hydrogen-bond acceptors (Lipinski definition) is 0. The zero-order valence-electron chi connectivity index (χ0n) is 11.6. The summed E-state index contributed by atoms with van der Waals surface area (Å²) < 4.78 is 38.5. The van der Waals surface area contributed by atoms with Gasteiger partial charge >= 0.3 is 130 Å². The molecule has 0 saturated carbocycles. The fourth-order valence-corrected chi connectivity index (χ4v) is 3.96. The molecule has 0 radical (unpaired) electrons. The van der Waals surface area contributed by atoms with Crippen molar-refractivity contribution in [2.24, 2.45) is 0 Å². The molecule has 2 aromatic rings. The Kier molecular flexibility index (Phi) is 5.95. The number of hydrogen-bond donors (Lipinski definition) is 0. The fourth-order valence-electron chi connectivity index (χ4n) is 2.05. The Bertz CT molecular complexity index is 538. The van der Waals surface area contributed by atoms with E-state index in [1.807, 2.05) is 18.2 Å². The van der Waals surface area contributed by atoms with Crippen molar-refractivity contribution in [2.45, 2.75) is 24.6 Å². The second-order valence-corrected chi connectivity index (χ2v) is 7.39. The van der Waals surface area contributed by atoms with E-state index >= 15 is 0 Å². The number of halogens is 3. The van der Waals surface area contributed by atoms with Crippen LogP contribution in [0.1, 0.15) is 18.4 Å². The summed E-state index contributed by atoms with van der Waals surface area (Å²) in [5, 5.41) is 1.08. The van der Waals surface area contributed by atoms with Gasteiger partial charge in [0.1, 0.15) is 0 Å². The van der Waals surface area contributed by atoms with Crippen LogP contribution in [0.2, 0.25) is 5.32 Å². The monoisotopic (exact) mass is 357 g/mol. The van der Waals surface area contributed by atoms with E-state index in [1.165, 1.54) is 17.7 Å². The predicted octanol–water partition coefficient (Wildman–Crippen LogP) is 3.51. The van der Waals surface area contributed by atoms with Crippen molar-refractivity contribution in [3.63, 3.8) is 0 Å². The van der Waals surface area contributed by atoms with Crippen LogP contribution in [-0.4, -0.2) is 21.9 Å². The first kappa shape index (κ1) is 16.2. The van der Waals surface area contributed by atoms with E-state index in [1.54, 1.807) is 12.1 Å². The molecule has 0 atom stereocenters. The van der Waals surface area contributed by atoms with Gasteiger partial charge in [0.15, 0.2) is 0 Å². The minimum absolute atomic E-state index is 0.272. The van der Waals surface area contributed by atoms with Crippen molar-refractivity contribution >= 4 is 31.9 Å². The molecule has 0 nitrogen and oxygen atoms in total. The molecule has 0 aromatic heterocycles. The summed E-state index contributed by atoms with van der Waals surface area (Å²) in [6, 6.07) is 16.0. The molecule has 21 heavy (non-hydrogen) atoms. The average Bonchev–Trinajstić information content (AvgIpc) is 2.47. The van der Waals surface area contributed by atoms with E-state index < -0.39 is 12.4 Å². The normalized spacial score (nSPS) is 11.6. The molecular formula is C16H17BF3Se-. The van der Waals surface area contributed by atoms with Crippen molar-refractivity contribution < 1.29 is 12.9 Å². The van der Waals surface area contributed by atoms with Crippen LogP contribution in [-0.2, 0) is 6.42 Å². The van der Waals surface area contributed by atoms with Gasteiger partial charge < -0.3 is 0 Å². The van der Waals surface area contributed by atoms with Crippen molar-refractivity contribution in [1.29, 1.82) is 0 Å². The Morgan fingerprint density at radius 3 is 2.10 bits per heavy atom. The second-order valence-electron chi connectivity index (χ2n) is 4.93. The third-order valence-electron chi connectivity index (χ3n) is 3.23. The summed E-state index contributed by atoms with van der Waals surface area (Å²) in [7, 11) is 0. The second kappa shape index (κ2) is 7.72. The Hall–Kier alpha value is -1.19. The van der Waals surface area contributed by atoms with Crippen LogP contribution >= 0.6 is 0 Å². The summed E-state index contributed by atoms with van der Waals surface area (Å²) in [6.07, 6.45) is 3.34. The van der Waals surface area contributed by atoms with Gasteiger partial charge in [0.05, 0.1) is 0 Å².